The van der Waals surface area contributed by atoms with Crippen molar-refractivity contribution in [3.63, 3.8) is 0 Å². The number of nitrogens with two attached hydrogens (primary N) is 2. The number of rotatable bonds is 4. The quantitative estimate of drug-likeness (QED) is 0.587. The molecule has 2 unspecified atom stereocenters. The zero-order chi connectivity index (χ0) is 12.4. The summed E-state index contributed by atoms with van der Waals surface area (Å²) in [7, 11) is -3.52. The van der Waals surface area contributed by atoms with E-state index in [-0.39, 0.29) is 24.2 Å². The maximum absolute atomic E-state index is 11.8. The predicted octanol–water partition coefficient (Wildman–Crippen LogP) is -1.09. The molecule has 0 aromatic heterocycles. The zero-order valence-electron chi connectivity index (χ0n) is 9.40. The molecular formula is C9H19N3O3S. The first kappa shape index (κ1) is 13.4. The van der Waals surface area contributed by atoms with Crippen molar-refractivity contribution in [3.05, 3.63) is 0 Å². The second-order valence-electron chi connectivity index (χ2n) is 4.54. The molecule has 0 bridgehead atoms. The maximum Gasteiger partial charge on any atom is 0.227 e. The largest absolute Gasteiger partial charge is 0.355 e. The number of carbonyl (C=O) groups is 1. The minimum absolute atomic E-state index is 0.0416. The number of primary sulfonamides is 1. The van der Waals surface area contributed by atoms with Gasteiger partial charge in [0, 0.05) is 12.6 Å². The molecule has 1 aliphatic carbocycles. The van der Waals surface area contributed by atoms with Crippen LogP contribution in [-0.4, -0.2) is 32.7 Å². The average Bonchev–Trinajstić information content (AvgIpc) is 2.46. The minimum atomic E-state index is -3.52. The zero-order valence-corrected chi connectivity index (χ0v) is 10.2. The maximum atomic E-state index is 11.8. The van der Waals surface area contributed by atoms with E-state index in [0.29, 0.717) is 0 Å². The molecule has 6 nitrogen and oxygen atoms in total. The second kappa shape index (κ2) is 4.68. The molecule has 1 saturated carbocycles. The Morgan fingerprint density at radius 2 is 2.19 bits per heavy atom. The molecule has 0 saturated heterocycles. The third-order valence-electron chi connectivity index (χ3n) is 3.22. The van der Waals surface area contributed by atoms with Crippen LogP contribution >= 0.6 is 0 Å². The van der Waals surface area contributed by atoms with Crippen LogP contribution < -0.4 is 16.2 Å². The molecule has 0 aromatic carbocycles. The second-order valence-corrected chi connectivity index (χ2v) is 6.27. The van der Waals surface area contributed by atoms with Gasteiger partial charge in [-0.05, 0) is 19.8 Å². The van der Waals surface area contributed by atoms with Crippen molar-refractivity contribution in [3.8, 4) is 0 Å². The van der Waals surface area contributed by atoms with Crippen LogP contribution in [0.1, 0.15) is 26.2 Å². The number of nitrogens with one attached hydrogen (secondary N) is 1. The smallest absolute Gasteiger partial charge is 0.227 e. The van der Waals surface area contributed by atoms with Crippen molar-refractivity contribution in [2.45, 2.75) is 32.2 Å². The molecule has 1 aliphatic rings. The lowest BCUT2D eigenvalue weighted by Crippen LogP contribution is -2.48. The Kier molecular flexibility index (Phi) is 3.92. The average molecular weight is 249 g/mol. The molecule has 5 N–H and O–H groups in total. The molecule has 0 heterocycles. The Morgan fingerprint density at radius 3 is 2.62 bits per heavy atom. The van der Waals surface area contributed by atoms with Gasteiger partial charge in [0.1, 0.15) is 0 Å². The van der Waals surface area contributed by atoms with E-state index in [1.165, 1.54) is 0 Å². The van der Waals surface area contributed by atoms with E-state index in [1.54, 1.807) is 0 Å². The Labute approximate surface area is 95.8 Å². The molecule has 7 heteroatoms. The van der Waals surface area contributed by atoms with Gasteiger partial charge in [-0.15, -0.1) is 0 Å². The van der Waals surface area contributed by atoms with Gasteiger partial charge in [0.25, 0.3) is 0 Å². The first-order chi connectivity index (χ1) is 7.26. The summed E-state index contributed by atoms with van der Waals surface area (Å²) in [4.78, 5) is 11.8. The molecule has 0 spiro atoms. The normalized spacial score (nSPS) is 30.3. The van der Waals surface area contributed by atoms with Gasteiger partial charge in [-0.3, -0.25) is 4.79 Å². The molecule has 1 amide bonds. The molecule has 1 fully saturated rings. The first-order valence-electron chi connectivity index (χ1n) is 5.30. The van der Waals surface area contributed by atoms with Crippen LogP contribution in [0.4, 0.5) is 0 Å². The number of hydrogen-bond donors (Lipinski definition) is 3. The van der Waals surface area contributed by atoms with Gasteiger partial charge in [0.15, 0.2) is 0 Å². The molecular weight excluding hydrogens is 230 g/mol. The van der Waals surface area contributed by atoms with Crippen LogP contribution in [0.5, 0.6) is 0 Å². The van der Waals surface area contributed by atoms with Gasteiger partial charge in [0.2, 0.25) is 15.9 Å². The molecule has 2 atom stereocenters. The van der Waals surface area contributed by atoms with Crippen molar-refractivity contribution >= 4 is 15.9 Å². The number of carbonyl (C=O) groups excluding carboxylic acids is 1. The van der Waals surface area contributed by atoms with Gasteiger partial charge in [-0.1, -0.05) is 6.42 Å². The van der Waals surface area contributed by atoms with E-state index in [0.717, 1.165) is 19.3 Å². The Hall–Kier alpha value is -0.660. The summed E-state index contributed by atoms with van der Waals surface area (Å²) in [5.74, 6) is -0.425. The van der Waals surface area contributed by atoms with Crippen LogP contribution in [-0.2, 0) is 14.8 Å². The summed E-state index contributed by atoms with van der Waals surface area (Å²) in [6, 6.07) is -0.151. The van der Waals surface area contributed by atoms with Gasteiger partial charge < -0.3 is 11.1 Å². The summed E-state index contributed by atoms with van der Waals surface area (Å²) in [6.45, 7) is 1.86. The summed E-state index contributed by atoms with van der Waals surface area (Å²) in [6.07, 6.45) is 2.51. The minimum Gasteiger partial charge on any atom is -0.355 e. The summed E-state index contributed by atoms with van der Waals surface area (Å²) < 4.78 is 21.4. The van der Waals surface area contributed by atoms with Crippen LogP contribution in [0.25, 0.3) is 0 Å². The highest BCUT2D eigenvalue weighted by Crippen LogP contribution is 2.36. The number of sulfonamides is 1. The lowest BCUT2D eigenvalue weighted by atomic mass is 9.84. The van der Waals surface area contributed by atoms with E-state index < -0.39 is 15.4 Å². The van der Waals surface area contributed by atoms with Crippen LogP contribution in [0.15, 0.2) is 0 Å². The Balaban J connectivity index is 2.47. The van der Waals surface area contributed by atoms with Crippen LogP contribution in [0.2, 0.25) is 0 Å². The highest BCUT2D eigenvalue weighted by Gasteiger charge is 2.42. The monoisotopic (exact) mass is 249 g/mol. The summed E-state index contributed by atoms with van der Waals surface area (Å²) in [5, 5.41) is 7.41. The van der Waals surface area contributed by atoms with Gasteiger partial charge in [-0.2, -0.15) is 0 Å². The molecule has 1 rings (SSSR count). The van der Waals surface area contributed by atoms with Crippen molar-refractivity contribution in [1.29, 1.82) is 0 Å². The first-order valence-corrected chi connectivity index (χ1v) is 7.01. The van der Waals surface area contributed by atoms with Crippen molar-refractivity contribution in [2.75, 3.05) is 12.3 Å². The van der Waals surface area contributed by atoms with Crippen molar-refractivity contribution < 1.29 is 13.2 Å². The molecule has 0 aliphatic heterocycles. The lowest BCUT2D eigenvalue weighted by molar-refractivity contribution is -0.130. The third-order valence-corrected chi connectivity index (χ3v) is 3.99. The van der Waals surface area contributed by atoms with Gasteiger partial charge in [0.05, 0.1) is 11.2 Å². The van der Waals surface area contributed by atoms with E-state index in [2.05, 4.69) is 5.32 Å². The van der Waals surface area contributed by atoms with E-state index in [9.17, 15) is 13.2 Å². The highest BCUT2D eigenvalue weighted by molar-refractivity contribution is 7.89. The van der Waals surface area contributed by atoms with Crippen molar-refractivity contribution in [2.24, 2.45) is 16.3 Å². The number of hydrogen-bond acceptors (Lipinski definition) is 4. The molecule has 0 aromatic rings. The van der Waals surface area contributed by atoms with Crippen LogP contribution in [0.3, 0.4) is 0 Å². The van der Waals surface area contributed by atoms with Gasteiger partial charge >= 0.3 is 0 Å². The fourth-order valence-electron chi connectivity index (χ4n) is 1.98. The molecule has 94 valence electrons. The van der Waals surface area contributed by atoms with E-state index in [1.807, 2.05) is 6.92 Å². The summed E-state index contributed by atoms with van der Waals surface area (Å²) >= 11 is 0. The molecule has 16 heavy (non-hydrogen) atoms. The topological polar surface area (TPSA) is 115 Å². The highest BCUT2D eigenvalue weighted by atomic mass is 32.2. The SMILES string of the molecule is CC1(C(=O)NCCS(N)(=O)=O)CCCC1N. The van der Waals surface area contributed by atoms with Crippen molar-refractivity contribution in [1.82, 2.24) is 5.32 Å². The number of amides is 1. The van der Waals surface area contributed by atoms with E-state index in [4.69, 9.17) is 10.9 Å². The predicted molar refractivity (Wildman–Crippen MR) is 60.9 cm³/mol. The third kappa shape index (κ3) is 3.16. The summed E-state index contributed by atoms with van der Waals surface area (Å²) in [5.41, 5.74) is 5.30. The Morgan fingerprint density at radius 1 is 1.56 bits per heavy atom. The van der Waals surface area contributed by atoms with E-state index >= 15 is 0 Å². The molecule has 0 radical (unpaired) electrons. The fraction of sp³-hybridized carbons (Fsp3) is 0.889. The Bertz CT molecular complexity index is 368. The van der Waals surface area contributed by atoms with Gasteiger partial charge in [-0.25, -0.2) is 13.6 Å². The standard InChI is InChI=1S/C9H19N3O3S/c1-9(4-2-3-7(9)10)8(13)12-5-6-16(11,14)15/h7H,2-6,10H2,1H3,(H,12,13)(H2,11,14,15). The lowest BCUT2D eigenvalue weighted by Gasteiger charge is -2.27. The van der Waals surface area contributed by atoms with Crippen LogP contribution in [0, 0.1) is 5.41 Å². The fourth-order valence-corrected chi connectivity index (χ4v) is 2.37.